The number of rotatable bonds is 4. The maximum absolute atomic E-state index is 14.6. The van der Waals surface area contributed by atoms with Crippen LogP contribution in [0, 0.1) is 5.82 Å². The van der Waals surface area contributed by atoms with Crippen LogP contribution >= 0.6 is 12.4 Å². The number of nitrogens with zero attached hydrogens (tertiary/aromatic N) is 2. The molecule has 2 fully saturated rings. The lowest BCUT2D eigenvalue weighted by atomic mass is 10.1. The zero-order chi connectivity index (χ0) is 24.4. The zero-order valence-corrected chi connectivity index (χ0v) is 19.4. The molecule has 9 nitrogen and oxygen atoms in total. The number of anilines is 1. The van der Waals surface area contributed by atoms with Gasteiger partial charge in [0.2, 0.25) is 5.43 Å². The van der Waals surface area contributed by atoms with Crippen molar-refractivity contribution in [1.82, 2.24) is 9.88 Å². The molecule has 5 rings (SSSR count). The molecule has 0 radical (unpaired) electrons. The Balaban J connectivity index is 0.000000264. The van der Waals surface area contributed by atoms with Crippen molar-refractivity contribution in [2.45, 2.75) is 18.9 Å². The Labute approximate surface area is 205 Å². The van der Waals surface area contributed by atoms with Gasteiger partial charge in [-0.05, 0) is 43.2 Å². The maximum atomic E-state index is 14.6. The van der Waals surface area contributed by atoms with E-state index in [4.69, 9.17) is 10.2 Å². The minimum absolute atomic E-state index is 0. The van der Waals surface area contributed by atoms with Gasteiger partial charge in [-0.25, -0.2) is 14.0 Å². The molecule has 0 bridgehead atoms. The Morgan fingerprint density at radius 1 is 1.03 bits per heavy atom. The molecule has 35 heavy (non-hydrogen) atoms. The molecule has 11 heteroatoms. The lowest BCUT2D eigenvalue weighted by Crippen LogP contribution is -2.43. The van der Waals surface area contributed by atoms with Crippen molar-refractivity contribution in [2.24, 2.45) is 0 Å². The van der Waals surface area contributed by atoms with E-state index in [1.807, 2.05) is 9.47 Å². The van der Waals surface area contributed by atoms with E-state index in [0.29, 0.717) is 24.3 Å². The third kappa shape index (κ3) is 5.72. The van der Waals surface area contributed by atoms with Crippen LogP contribution in [0.1, 0.15) is 39.6 Å². The van der Waals surface area contributed by atoms with Crippen LogP contribution < -0.4 is 15.6 Å². The van der Waals surface area contributed by atoms with E-state index in [-0.39, 0.29) is 40.7 Å². The van der Waals surface area contributed by atoms with Crippen molar-refractivity contribution in [3.8, 4) is 5.75 Å². The fraction of sp³-hybridized carbons (Fsp3) is 0.292. The molecular weight excluding hydrogens is 481 g/mol. The molecule has 0 amide bonds. The highest BCUT2D eigenvalue weighted by Crippen LogP contribution is 2.38. The number of piperazine rings is 1. The number of aromatic carboxylic acids is 2. The largest absolute Gasteiger partial charge is 0.508 e. The average molecular weight is 506 g/mol. The zero-order valence-electron chi connectivity index (χ0n) is 18.6. The summed E-state index contributed by atoms with van der Waals surface area (Å²) in [6.45, 7) is 2.96. The average Bonchev–Trinajstić information content (AvgIpc) is 3.65. The SMILES string of the molecule is Cl.O=C(O)c1cccc(O)c1.O=C(O)c1cn(C2CC2)c2cc(N3CCNCC3)c(F)cc2c1=O. The fourth-order valence-electron chi connectivity index (χ4n) is 3.95. The Kier molecular flexibility index (Phi) is 7.98. The number of aromatic hydroxyl groups is 1. The van der Waals surface area contributed by atoms with Gasteiger partial charge in [-0.2, -0.15) is 0 Å². The molecule has 1 saturated heterocycles. The van der Waals surface area contributed by atoms with Crippen LogP contribution in [0.3, 0.4) is 0 Å². The summed E-state index contributed by atoms with van der Waals surface area (Å²) >= 11 is 0. The predicted molar refractivity (Wildman–Crippen MR) is 131 cm³/mol. The van der Waals surface area contributed by atoms with E-state index in [9.17, 15) is 23.9 Å². The van der Waals surface area contributed by atoms with E-state index < -0.39 is 23.2 Å². The number of carboxylic acids is 2. The van der Waals surface area contributed by atoms with Gasteiger partial charge in [0, 0.05) is 43.8 Å². The fourth-order valence-corrected chi connectivity index (χ4v) is 3.95. The van der Waals surface area contributed by atoms with Gasteiger partial charge in [-0.3, -0.25) is 4.79 Å². The Bertz CT molecular complexity index is 1320. The number of hydrogen-bond donors (Lipinski definition) is 4. The Morgan fingerprint density at radius 2 is 1.71 bits per heavy atom. The number of nitrogens with one attached hydrogen (secondary N) is 1. The van der Waals surface area contributed by atoms with Gasteiger partial charge < -0.3 is 30.1 Å². The minimum atomic E-state index is -1.28. The molecule has 1 aliphatic carbocycles. The molecular formula is C24H25ClFN3O6. The van der Waals surface area contributed by atoms with Crippen molar-refractivity contribution >= 4 is 40.9 Å². The Morgan fingerprint density at radius 3 is 2.26 bits per heavy atom. The summed E-state index contributed by atoms with van der Waals surface area (Å²) < 4.78 is 16.4. The van der Waals surface area contributed by atoms with Gasteiger partial charge in [0.1, 0.15) is 17.1 Å². The number of phenolic OH excluding ortho intramolecular Hbond substituents is 1. The number of pyridine rings is 1. The molecule has 3 aromatic rings. The smallest absolute Gasteiger partial charge is 0.341 e. The van der Waals surface area contributed by atoms with Crippen molar-refractivity contribution in [2.75, 3.05) is 31.1 Å². The van der Waals surface area contributed by atoms with Crippen molar-refractivity contribution < 1.29 is 29.3 Å². The van der Waals surface area contributed by atoms with Crippen LogP contribution in [0.5, 0.6) is 5.75 Å². The van der Waals surface area contributed by atoms with Crippen molar-refractivity contribution in [3.63, 3.8) is 0 Å². The molecule has 0 atom stereocenters. The quantitative estimate of drug-likeness (QED) is 0.425. The Hall–Kier alpha value is -3.63. The summed E-state index contributed by atoms with van der Waals surface area (Å²) in [5.41, 5.74) is 0.257. The first-order chi connectivity index (χ1) is 16.3. The first-order valence-corrected chi connectivity index (χ1v) is 10.9. The molecule has 2 aromatic carbocycles. The highest BCUT2D eigenvalue weighted by Gasteiger charge is 2.28. The molecule has 0 spiro atoms. The molecule has 1 saturated carbocycles. The highest BCUT2D eigenvalue weighted by atomic mass is 35.5. The number of benzene rings is 2. The molecule has 2 heterocycles. The second kappa shape index (κ2) is 10.7. The lowest BCUT2D eigenvalue weighted by molar-refractivity contribution is 0.0685. The van der Waals surface area contributed by atoms with Gasteiger partial charge in [-0.1, -0.05) is 6.07 Å². The van der Waals surface area contributed by atoms with Crippen LogP contribution in [0.4, 0.5) is 10.1 Å². The van der Waals surface area contributed by atoms with Gasteiger partial charge in [0.05, 0.1) is 16.8 Å². The van der Waals surface area contributed by atoms with E-state index in [1.165, 1.54) is 36.5 Å². The lowest BCUT2D eigenvalue weighted by Gasteiger charge is -2.30. The molecule has 1 aliphatic heterocycles. The first-order valence-electron chi connectivity index (χ1n) is 10.9. The molecule has 2 aliphatic rings. The maximum Gasteiger partial charge on any atom is 0.341 e. The standard InChI is InChI=1S/C17H18FN3O3.C7H6O3.ClH/c18-13-7-11-14(8-15(13)20-5-3-19-4-6-20)21(10-1-2-10)9-12(16(11)22)17(23)24;8-6-3-1-2-5(4-6)7(9)10;/h7-10,19H,1-6H2,(H,23,24);1-4,8H,(H,9,10);1H. The van der Waals surface area contributed by atoms with Gasteiger partial charge in [0.25, 0.3) is 0 Å². The van der Waals surface area contributed by atoms with Gasteiger partial charge >= 0.3 is 11.9 Å². The second-order valence-electron chi connectivity index (χ2n) is 8.23. The number of phenols is 1. The normalized spacial score (nSPS) is 15.1. The summed E-state index contributed by atoms with van der Waals surface area (Å²) in [6.07, 6.45) is 3.29. The number of carbonyl (C=O) groups is 2. The van der Waals surface area contributed by atoms with E-state index >= 15 is 0 Å². The molecule has 186 valence electrons. The summed E-state index contributed by atoms with van der Waals surface area (Å²) in [7, 11) is 0. The van der Waals surface area contributed by atoms with Crippen LogP contribution in [-0.4, -0.2) is 58.0 Å². The number of carboxylic acid groups (broad SMARTS) is 2. The van der Waals surface area contributed by atoms with Gasteiger partial charge in [0.15, 0.2) is 0 Å². The molecule has 4 N–H and O–H groups in total. The monoisotopic (exact) mass is 505 g/mol. The van der Waals surface area contributed by atoms with E-state index in [0.717, 1.165) is 25.9 Å². The van der Waals surface area contributed by atoms with Crippen molar-refractivity contribution in [1.29, 1.82) is 0 Å². The summed E-state index contributed by atoms with van der Waals surface area (Å²) in [6, 6.07) is 8.60. The van der Waals surface area contributed by atoms with E-state index in [2.05, 4.69) is 5.32 Å². The van der Waals surface area contributed by atoms with Crippen LogP contribution in [0.2, 0.25) is 0 Å². The number of aromatic nitrogens is 1. The third-order valence-electron chi connectivity index (χ3n) is 5.82. The van der Waals surface area contributed by atoms with Crippen LogP contribution in [0.25, 0.3) is 10.9 Å². The summed E-state index contributed by atoms with van der Waals surface area (Å²) in [5, 5.41) is 29.8. The molecule has 0 unspecified atom stereocenters. The van der Waals surface area contributed by atoms with Gasteiger partial charge in [-0.15, -0.1) is 12.4 Å². The number of fused-ring (bicyclic) bond motifs is 1. The van der Waals surface area contributed by atoms with Crippen LogP contribution in [0.15, 0.2) is 47.4 Å². The summed E-state index contributed by atoms with van der Waals surface area (Å²) in [4.78, 5) is 36.0. The number of halogens is 2. The topological polar surface area (TPSA) is 132 Å². The minimum Gasteiger partial charge on any atom is -0.508 e. The third-order valence-corrected chi connectivity index (χ3v) is 5.82. The van der Waals surface area contributed by atoms with Crippen LogP contribution in [-0.2, 0) is 0 Å². The first kappa shape index (κ1) is 26.0. The highest BCUT2D eigenvalue weighted by molar-refractivity contribution is 5.93. The van der Waals surface area contributed by atoms with E-state index in [1.54, 1.807) is 6.07 Å². The second-order valence-corrected chi connectivity index (χ2v) is 8.23. The predicted octanol–water partition coefficient (Wildman–Crippen LogP) is 3.10. The summed E-state index contributed by atoms with van der Waals surface area (Å²) in [5.74, 6) is -2.81. The number of hydrogen-bond acceptors (Lipinski definition) is 6. The van der Waals surface area contributed by atoms with Crippen molar-refractivity contribution in [3.05, 3.63) is 69.8 Å². The molecule has 1 aromatic heterocycles.